The monoisotopic (exact) mass is 586 g/mol. The van der Waals surface area contributed by atoms with Gasteiger partial charge in [-0.1, -0.05) is 48.5 Å². The second-order valence-corrected chi connectivity index (χ2v) is 13.3. The average Bonchev–Trinajstić information content (AvgIpc) is 3.27. The number of ether oxygens (including phenoxy) is 2. The molecule has 11 nitrogen and oxygen atoms in total. The van der Waals surface area contributed by atoms with Crippen molar-refractivity contribution in [3.8, 4) is 0 Å². The van der Waals surface area contributed by atoms with E-state index in [0.29, 0.717) is 18.5 Å². The van der Waals surface area contributed by atoms with Crippen LogP contribution in [0.3, 0.4) is 0 Å². The summed E-state index contributed by atoms with van der Waals surface area (Å²) in [6, 6.07) is 15.9. The number of anilines is 1. The van der Waals surface area contributed by atoms with Crippen LogP contribution in [-0.4, -0.2) is 80.6 Å². The summed E-state index contributed by atoms with van der Waals surface area (Å²) in [7, 11) is -2.80. The summed E-state index contributed by atoms with van der Waals surface area (Å²) in [4.78, 5) is 40.0. The quantitative estimate of drug-likeness (QED) is 0.349. The van der Waals surface area contributed by atoms with E-state index in [4.69, 9.17) is 10.5 Å². The number of piperidine rings is 1. The van der Waals surface area contributed by atoms with Crippen LogP contribution in [0.5, 0.6) is 0 Å². The molecule has 0 radical (unpaired) electrons. The first-order valence-corrected chi connectivity index (χ1v) is 15.2. The van der Waals surface area contributed by atoms with Gasteiger partial charge in [-0.05, 0) is 43.9 Å². The van der Waals surface area contributed by atoms with Crippen LogP contribution < -0.4 is 16.4 Å². The van der Waals surface area contributed by atoms with Crippen LogP contribution in [0.15, 0.2) is 54.6 Å². The average molecular weight is 587 g/mol. The van der Waals surface area contributed by atoms with Crippen LogP contribution >= 0.6 is 0 Å². The van der Waals surface area contributed by atoms with Gasteiger partial charge in [0, 0.05) is 24.2 Å². The van der Waals surface area contributed by atoms with E-state index in [-0.39, 0.29) is 32.2 Å². The molecule has 2 aliphatic heterocycles. The highest BCUT2D eigenvalue weighted by Crippen LogP contribution is 2.49. The molecule has 1 unspecified atom stereocenters. The normalized spacial score (nSPS) is 18.7. The highest BCUT2D eigenvalue weighted by atomic mass is 32.2. The van der Waals surface area contributed by atoms with E-state index >= 15 is 0 Å². The van der Waals surface area contributed by atoms with Crippen molar-refractivity contribution in [2.24, 2.45) is 5.73 Å². The lowest BCUT2D eigenvalue weighted by Gasteiger charge is -2.43. The maximum Gasteiger partial charge on any atom is 0.320 e. The number of nitrogens with one attached hydrogen (secondary N) is 2. The Morgan fingerprint density at radius 2 is 1.73 bits per heavy atom. The zero-order valence-corrected chi connectivity index (χ0v) is 24.4. The molecule has 2 aromatic carbocycles. The molecule has 0 aromatic heterocycles. The van der Waals surface area contributed by atoms with Gasteiger partial charge in [0.15, 0.2) is 9.84 Å². The number of carbonyl (C=O) groups excluding carboxylic acids is 3. The summed E-state index contributed by atoms with van der Waals surface area (Å²) < 4.78 is 37.3. The summed E-state index contributed by atoms with van der Waals surface area (Å²) in [5, 5.41) is 4.82. The molecule has 2 atom stereocenters. The minimum atomic E-state index is -3.95. The molecule has 41 heavy (non-hydrogen) atoms. The SMILES string of the molecule is COC(=O)CS(=O)(=O)C1Nc2ccccc2C12CCN(C(=O)[C@@H](COCc1ccccc1)NC(=O)C(C)(C)N)CC2. The third-order valence-electron chi connectivity index (χ3n) is 7.71. The lowest BCUT2D eigenvalue weighted by atomic mass is 9.74. The number of fused-ring (bicyclic) bond motifs is 2. The summed E-state index contributed by atoms with van der Waals surface area (Å²) in [6.45, 7) is 3.80. The van der Waals surface area contributed by atoms with Crippen LogP contribution in [0.4, 0.5) is 5.69 Å². The Labute approximate surface area is 240 Å². The number of carbonyl (C=O) groups is 3. The number of para-hydroxylation sites is 1. The van der Waals surface area contributed by atoms with Gasteiger partial charge in [0.2, 0.25) is 11.8 Å². The Hall–Kier alpha value is -3.48. The summed E-state index contributed by atoms with van der Waals surface area (Å²) in [5.74, 6) is -2.40. The molecular formula is C29H38N4O7S. The standard InChI is InChI=1S/C29H38N4O7S/c1-28(2,30)26(36)31-23(18-40-17-20-9-5-4-6-10-20)25(35)33-15-13-29(14-16-33)21-11-7-8-12-22(21)32-27(29)41(37,38)19-24(34)39-3/h4-12,23,27,32H,13-19,30H2,1-3H3,(H,31,36)/t23-,27?/m1/s1. The van der Waals surface area contributed by atoms with Crippen molar-refractivity contribution in [2.75, 3.05) is 37.9 Å². The minimum absolute atomic E-state index is 0.0578. The van der Waals surface area contributed by atoms with E-state index in [1.165, 1.54) is 0 Å². The van der Waals surface area contributed by atoms with Crippen LogP contribution in [-0.2, 0) is 45.7 Å². The van der Waals surface area contributed by atoms with E-state index in [0.717, 1.165) is 18.2 Å². The number of hydrogen-bond donors (Lipinski definition) is 3. The van der Waals surface area contributed by atoms with E-state index in [9.17, 15) is 22.8 Å². The molecule has 0 bridgehead atoms. The maximum atomic E-state index is 13.7. The van der Waals surface area contributed by atoms with Gasteiger partial charge in [-0.3, -0.25) is 14.4 Å². The highest BCUT2D eigenvalue weighted by molar-refractivity contribution is 7.92. The third kappa shape index (κ3) is 6.71. The number of nitrogens with two attached hydrogens (primary N) is 1. The second kappa shape index (κ2) is 12.2. The number of hydrogen-bond acceptors (Lipinski definition) is 9. The zero-order valence-electron chi connectivity index (χ0n) is 23.6. The molecule has 12 heteroatoms. The van der Waals surface area contributed by atoms with Gasteiger partial charge in [-0.2, -0.15) is 0 Å². The van der Waals surface area contributed by atoms with Crippen molar-refractivity contribution in [2.45, 2.75) is 55.7 Å². The molecule has 1 saturated heterocycles. The van der Waals surface area contributed by atoms with Gasteiger partial charge >= 0.3 is 5.97 Å². The Balaban J connectivity index is 1.52. The molecule has 2 amide bonds. The first-order valence-electron chi connectivity index (χ1n) is 13.5. The summed E-state index contributed by atoms with van der Waals surface area (Å²) >= 11 is 0. The number of nitrogens with zero attached hydrogens (tertiary/aromatic N) is 1. The molecular weight excluding hydrogens is 548 g/mol. The Morgan fingerprint density at radius 3 is 2.37 bits per heavy atom. The smallest absolute Gasteiger partial charge is 0.320 e. The molecule has 2 aromatic rings. The maximum absolute atomic E-state index is 13.7. The third-order valence-corrected chi connectivity index (χ3v) is 9.64. The van der Waals surface area contributed by atoms with Crippen LogP contribution in [0.2, 0.25) is 0 Å². The second-order valence-electron chi connectivity index (χ2n) is 11.2. The first-order chi connectivity index (χ1) is 19.4. The van der Waals surface area contributed by atoms with Gasteiger partial charge in [-0.25, -0.2) is 8.42 Å². The topological polar surface area (TPSA) is 157 Å². The van der Waals surface area contributed by atoms with Crippen LogP contribution in [0, 0.1) is 0 Å². The lowest BCUT2D eigenvalue weighted by molar-refractivity contribution is -0.140. The fourth-order valence-electron chi connectivity index (χ4n) is 5.47. The largest absolute Gasteiger partial charge is 0.468 e. The van der Waals surface area contributed by atoms with Crippen molar-refractivity contribution in [1.29, 1.82) is 0 Å². The van der Waals surface area contributed by atoms with Gasteiger partial charge in [0.05, 0.1) is 25.9 Å². The molecule has 0 saturated carbocycles. The van der Waals surface area contributed by atoms with E-state index in [1.807, 2.05) is 54.6 Å². The van der Waals surface area contributed by atoms with Gasteiger partial charge in [-0.15, -0.1) is 0 Å². The van der Waals surface area contributed by atoms with Crippen molar-refractivity contribution in [3.05, 3.63) is 65.7 Å². The van der Waals surface area contributed by atoms with Crippen molar-refractivity contribution in [1.82, 2.24) is 10.2 Å². The molecule has 1 fully saturated rings. The van der Waals surface area contributed by atoms with Gasteiger partial charge < -0.3 is 30.7 Å². The Morgan fingerprint density at radius 1 is 1.10 bits per heavy atom. The predicted molar refractivity (Wildman–Crippen MR) is 153 cm³/mol. The molecule has 4 rings (SSSR count). The number of rotatable bonds is 10. The minimum Gasteiger partial charge on any atom is -0.468 e. The molecule has 222 valence electrons. The number of likely N-dealkylation sites (tertiary alicyclic amines) is 1. The summed E-state index contributed by atoms with van der Waals surface area (Å²) in [6.07, 6.45) is 0.670. The fraction of sp³-hybridized carbons (Fsp3) is 0.483. The highest BCUT2D eigenvalue weighted by Gasteiger charge is 2.54. The van der Waals surface area contributed by atoms with Crippen LogP contribution in [0.25, 0.3) is 0 Å². The van der Waals surface area contributed by atoms with Crippen LogP contribution in [0.1, 0.15) is 37.8 Å². The van der Waals surface area contributed by atoms with Crippen molar-refractivity contribution < 1.29 is 32.3 Å². The lowest BCUT2D eigenvalue weighted by Crippen LogP contribution is -2.60. The number of sulfone groups is 1. The first kappa shape index (κ1) is 30.5. The molecule has 0 aliphatic carbocycles. The predicted octanol–water partition coefficient (Wildman–Crippen LogP) is 1.33. The van der Waals surface area contributed by atoms with Crippen molar-refractivity contribution >= 4 is 33.3 Å². The summed E-state index contributed by atoms with van der Waals surface area (Å²) in [5.41, 5.74) is 6.38. The van der Waals surface area contributed by atoms with E-state index < -0.39 is 49.8 Å². The van der Waals surface area contributed by atoms with Crippen molar-refractivity contribution in [3.63, 3.8) is 0 Å². The Kier molecular flexibility index (Phi) is 9.05. The molecule has 1 spiro atoms. The number of benzene rings is 2. The number of esters is 1. The molecule has 4 N–H and O–H groups in total. The van der Waals surface area contributed by atoms with Gasteiger partial charge in [0.1, 0.15) is 17.2 Å². The Bertz CT molecular complexity index is 1370. The van der Waals surface area contributed by atoms with E-state index in [2.05, 4.69) is 15.4 Å². The number of methoxy groups -OCH3 is 1. The molecule has 2 aliphatic rings. The number of amides is 2. The van der Waals surface area contributed by atoms with E-state index in [1.54, 1.807) is 18.7 Å². The van der Waals surface area contributed by atoms with Gasteiger partial charge in [0.25, 0.3) is 0 Å². The zero-order chi connectivity index (χ0) is 29.8. The fourth-order valence-corrected chi connectivity index (χ4v) is 7.44. The molecule has 2 heterocycles.